The number of rotatable bonds is 1. The number of hydrogen-bond acceptors (Lipinski definition) is 0. The molecule has 1 saturated carbocycles. The molecular weight excluding hydrogens is 306 g/mol. The molecule has 1 aliphatic carbocycles. The van der Waals surface area contributed by atoms with E-state index >= 15 is 0 Å². The van der Waals surface area contributed by atoms with Crippen molar-refractivity contribution in [3.63, 3.8) is 0 Å². The number of halogens is 4. The van der Waals surface area contributed by atoms with Crippen LogP contribution in [-0.4, -0.2) is 14.6 Å². The van der Waals surface area contributed by atoms with Gasteiger partial charge in [0.2, 0.25) is 0 Å². The van der Waals surface area contributed by atoms with E-state index in [1.807, 2.05) is 13.0 Å². The topological polar surface area (TPSA) is 0 Å². The first kappa shape index (κ1) is 13.2. The van der Waals surface area contributed by atoms with E-state index < -0.39 is 0 Å². The van der Waals surface area contributed by atoms with Crippen molar-refractivity contribution in [2.75, 3.05) is 0 Å². The second-order valence-corrected chi connectivity index (χ2v) is 7.81. The first-order valence-corrected chi connectivity index (χ1v) is 6.63. The highest BCUT2D eigenvalue weighted by Crippen LogP contribution is 2.49. The molecule has 4 heteroatoms. The van der Waals surface area contributed by atoms with Gasteiger partial charge in [-0.05, 0) is 32.6 Å². The van der Waals surface area contributed by atoms with Crippen molar-refractivity contribution in [3.8, 4) is 0 Å². The van der Waals surface area contributed by atoms with Crippen LogP contribution in [-0.2, 0) is 0 Å². The summed E-state index contributed by atoms with van der Waals surface area (Å²) in [5, 5.41) is -0.00680. The van der Waals surface area contributed by atoms with E-state index in [0.717, 1.165) is 12.8 Å². The molecule has 1 rings (SSSR count). The van der Waals surface area contributed by atoms with Crippen LogP contribution in [0.4, 0.5) is 0 Å². The molecule has 0 saturated heterocycles. The van der Waals surface area contributed by atoms with Gasteiger partial charge in [0, 0.05) is 9.86 Å². The van der Waals surface area contributed by atoms with Gasteiger partial charge in [0.1, 0.15) is 0 Å². The molecule has 1 fully saturated rings. The number of hydrogen-bond donors (Lipinski definition) is 0. The van der Waals surface area contributed by atoms with Gasteiger partial charge >= 0.3 is 0 Å². The molecule has 0 amide bonds. The van der Waals surface area contributed by atoms with Crippen LogP contribution in [0.1, 0.15) is 26.7 Å². The van der Waals surface area contributed by atoms with Crippen molar-refractivity contribution < 1.29 is 0 Å². The fraction of sp³-hybridized carbons (Fsp3) is 0.800. The maximum absolute atomic E-state index is 6.35. The van der Waals surface area contributed by atoms with Crippen LogP contribution >= 0.6 is 50.7 Å². The molecule has 0 aromatic carbocycles. The molecule has 0 radical (unpaired) electrons. The molecule has 0 aromatic heterocycles. The monoisotopic (exact) mass is 318 g/mol. The summed E-state index contributed by atoms with van der Waals surface area (Å²) in [4.78, 5) is -0.337. The lowest BCUT2D eigenvalue weighted by Gasteiger charge is -2.45. The highest BCUT2D eigenvalue weighted by atomic mass is 79.9. The molecule has 0 heterocycles. The van der Waals surface area contributed by atoms with Crippen molar-refractivity contribution >= 4 is 50.7 Å². The second kappa shape index (κ2) is 4.53. The Kier molecular flexibility index (Phi) is 4.26. The van der Waals surface area contributed by atoms with Gasteiger partial charge in [0.15, 0.2) is 0 Å². The minimum Gasteiger partial charge on any atom is -0.121 e. The van der Waals surface area contributed by atoms with Crippen LogP contribution in [0.3, 0.4) is 0 Å². The van der Waals surface area contributed by atoms with Crippen molar-refractivity contribution in [2.24, 2.45) is 5.92 Å². The first-order valence-electron chi connectivity index (χ1n) is 4.58. The number of allylic oxidation sites excluding steroid dienone is 1. The standard InChI is InChI=1S/C10H14BrCl3/c1-9(11)6-10(2,14)8(13)5-7(9)3-4-12/h3-4,7-8H,5-6H2,1-2H3/b4-3+/t7-,8+,9-,10-/m1/s1. The first-order chi connectivity index (χ1) is 6.29. The molecule has 0 N–H and O–H groups in total. The molecule has 0 bridgehead atoms. The second-order valence-electron chi connectivity index (χ2n) is 4.36. The average Bonchev–Trinajstić information content (AvgIpc) is 1.99. The lowest BCUT2D eigenvalue weighted by molar-refractivity contribution is 0.303. The van der Waals surface area contributed by atoms with Gasteiger partial charge in [0.25, 0.3) is 0 Å². The summed E-state index contributed by atoms with van der Waals surface area (Å²) >= 11 is 21.9. The highest BCUT2D eigenvalue weighted by Gasteiger charge is 2.47. The lowest BCUT2D eigenvalue weighted by Crippen LogP contribution is -2.47. The van der Waals surface area contributed by atoms with E-state index in [0.29, 0.717) is 5.92 Å². The van der Waals surface area contributed by atoms with Gasteiger partial charge in [-0.25, -0.2) is 0 Å². The zero-order valence-corrected chi connectivity index (χ0v) is 12.1. The van der Waals surface area contributed by atoms with Crippen LogP contribution < -0.4 is 0 Å². The normalized spacial score (nSPS) is 49.9. The summed E-state index contributed by atoms with van der Waals surface area (Å²) in [6.07, 6.45) is 3.67. The average molecular weight is 320 g/mol. The molecule has 0 aromatic rings. The van der Waals surface area contributed by atoms with Gasteiger partial charge in [0.05, 0.1) is 10.3 Å². The van der Waals surface area contributed by atoms with Gasteiger partial charge in [-0.15, -0.1) is 23.2 Å². The maximum atomic E-state index is 6.35. The van der Waals surface area contributed by atoms with E-state index in [9.17, 15) is 0 Å². The summed E-state index contributed by atoms with van der Waals surface area (Å²) in [6, 6.07) is 0. The predicted molar refractivity (Wildman–Crippen MR) is 68.9 cm³/mol. The third kappa shape index (κ3) is 2.81. The Hall–Kier alpha value is 1.09. The minimum atomic E-state index is -0.337. The SMILES string of the molecule is C[C@@]1(Cl)C[C@@](C)(Br)[C@H](/C=C/Cl)C[C@@H]1Cl. The Balaban J connectivity index is 2.85. The Morgan fingerprint density at radius 3 is 2.50 bits per heavy atom. The Morgan fingerprint density at radius 2 is 2.00 bits per heavy atom. The summed E-state index contributed by atoms with van der Waals surface area (Å²) in [6.45, 7) is 4.13. The molecular formula is C10H14BrCl3. The summed E-state index contributed by atoms with van der Waals surface area (Å²) in [7, 11) is 0. The van der Waals surface area contributed by atoms with Crippen LogP contribution in [0.15, 0.2) is 11.6 Å². The Bertz CT molecular complexity index is 236. The van der Waals surface area contributed by atoms with Gasteiger partial charge in [-0.3, -0.25) is 0 Å². The summed E-state index contributed by atoms with van der Waals surface area (Å²) in [5.41, 5.74) is 1.56. The molecule has 0 spiro atoms. The quantitative estimate of drug-likeness (QED) is 0.602. The third-order valence-corrected chi connectivity index (χ3v) is 5.07. The molecule has 0 nitrogen and oxygen atoms in total. The molecule has 1 aliphatic rings. The maximum Gasteiger partial charge on any atom is 0.0595 e. The van der Waals surface area contributed by atoms with Crippen LogP contribution in [0.2, 0.25) is 0 Å². The van der Waals surface area contributed by atoms with Gasteiger partial charge < -0.3 is 0 Å². The van der Waals surface area contributed by atoms with Crippen LogP contribution in [0.25, 0.3) is 0 Å². The van der Waals surface area contributed by atoms with Crippen molar-refractivity contribution in [1.29, 1.82) is 0 Å². The van der Waals surface area contributed by atoms with Crippen molar-refractivity contribution in [2.45, 2.75) is 41.3 Å². The third-order valence-electron chi connectivity index (χ3n) is 2.88. The van der Waals surface area contributed by atoms with Crippen LogP contribution in [0, 0.1) is 5.92 Å². The van der Waals surface area contributed by atoms with E-state index in [-0.39, 0.29) is 14.6 Å². The van der Waals surface area contributed by atoms with E-state index in [2.05, 4.69) is 22.9 Å². The van der Waals surface area contributed by atoms with E-state index in [4.69, 9.17) is 34.8 Å². The van der Waals surface area contributed by atoms with E-state index in [1.54, 1.807) is 5.54 Å². The summed E-state index contributed by atoms with van der Waals surface area (Å²) < 4.78 is -0.0136. The molecule has 0 aliphatic heterocycles. The van der Waals surface area contributed by atoms with Gasteiger partial charge in [-0.2, -0.15) is 0 Å². The van der Waals surface area contributed by atoms with Crippen LogP contribution in [0.5, 0.6) is 0 Å². The largest absolute Gasteiger partial charge is 0.121 e. The highest BCUT2D eigenvalue weighted by molar-refractivity contribution is 9.10. The van der Waals surface area contributed by atoms with Crippen molar-refractivity contribution in [1.82, 2.24) is 0 Å². The Labute approximate surface area is 109 Å². The van der Waals surface area contributed by atoms with Crippen molar-refractivity contribution in [3.05, 3.63) is 11.6 Å². The minimum absolute atomic E-state index is 0.00680. The fourth-order valence-electron chi connectivity index (χ4n) is 2.00. The number of alkyl halides is 3. The lowest BCUT2D eigenvalue weighted by atomic mass is 9.74. The zero-order valence-electron chi connectivity index (χ0n) is 8.24. The zero-order chi connectivity index (χ0) is 11.0. The molecule has 82 valence electrons. The molecule has 4 atom stereocenters. The van der Waals surface area contributed by atoms with Gasteiger partial charge in [-0.1, -0.05) is 33.6 Å². The summed E-state index contributed by atoms with van der Waals surface area (Å²) in [5.74, 6) is 0.342. The Morgan fingerprint density at radius 1 is 1.43 bits per heavy atom. The van der Waals surface area contributed by atoms with E-state index in [1.165, 1.54) is 0 Å². The molecule has 14 heavy (non-hydrogen) atoms. The fourth-order valence-corrected chi connectivity index (χ4v) is 3.89. The smallest absolute Gasteiger partial charge is 0.0595 e. The molecule has 0 unspecified atom stereocenters. The predicted octanol–water partition coefficient (Wildman–Crippen LogP) is 4.91.